The highest BCUT2D eigenvalue weighted by atomic mass is 32.2. The molecular weight excluding hydrogens is 428 g/mol. The molecule has 0 aliphatic heterocycles. The second-order valence-electron chi connectivity index (χ2n) is 6.83. The number of nitrogens with one attached hydrogen (secondary N) is 1. The third-order valence-corrected chi connectivity index (χ3v) is 5.72. The van der Waals surface area contributed by atoms with Crippen LogP contribution in [0, 0.1) is 11.3 Å². The number of nitrogen functional groups attached to an aromatic ring is 1. The van der Waals surface area contributed by atoms with Crippen LogP contribution in [-0.4, -0.2) is 29.1 Å². The number of nitrogens with zero attached hydrogens (tertiary/aromatic N) is 6. The van der Waals surface area contributed by atoms with Crippen molar-refractivity contribution in [1.29, 1.82) is 5.26 Å². The summed E-state index contributed by atoms with van der Waals surface area (Å²) in [6, 6.07) is 17.2. The number of anilines is 1. The minimum atomic E-state index is -0.342. The van der Waals surface area contributed by atoms with Crippen LogP contribution >= 0.6 is 11.8 Å². The largest absolute Gasteiger partial charge is 0.368 e. The summed E-state index contributed by atoms with van der Waals surface area (Å²) in [5, 5.41) is 12.6. The third-order valence-electron chi connectivity index (χ3n) is 4.75. The molecular formula is C21H14N8O2S. The van der Waals surface area contributed by atoms with E-state index in [-0.39, 0.29) is 28.6 Å². The van der Waals surface area contributed by atoms with Gasteiger partial charge in [-0.2, -0.15) is 14.8 Å². The zero-order valence-corrected chi connectivity index (χ0v) is 17.2. The molecule has 11 heteroatoms. The van der Waals surface area contributed by atoms with Crippen LogP contribution in [0.3, 0.4) is 0 Å². The summed E-state index contributed by atoms with van der Waals surface area (Å²) in [4.78, 5) is 38.6. The molecule has 5 aromatic rings. The maximum atomic E-state index is 13.3. The summed E-state index contributed by atoms with van der Waals surface area (Å²) in [6.45, 7) is 0. The van der Waals surface area contributed by atoms with Gasteiger partial charge in [0, 0.05) is 11.8 Å². The molecule has 3 aromatic heterocycles. The van der Waals surface area contributed by atoms with Crippen molar-refractivity contribution in [3.63, 3.8) is 0 Å². The lowest BCUT2D eigenvalue weighted by Gasteiger charge is -2.13. The second-order valence-corrected chi connectivity index (χ2v) is 7.77. The first kappa shape index (κ1) is 19.5. The van der Waals surface area contributed by atoms with Gasteiger partial charge in [0.2, 0.25) is 5.95 Å². The quantitative estimate of drug-likeness (QED) is 0.317. The Morgan fingerprint density at radius 2 is 1.84 bits per heavy atom. The molecule has 0 aliphatic rings. The normalized spacial score (nSPS) is 11.1. The molecule has 0 saturated carbocycles. The van der Waals surface area contributed by atoms with Crippen LogP contribution in [0.5, 0.6) is 0 Å². The number of para-hydroxylation sites is 1. The van der Waals surface area contributed by atoms with Gasteiger partial charge in [0.05, 0.1) is 33.9 Å². The summed E-state index contributed by atoms with van der Waals surface area (Å²) in [5.41, 5.74) is 7.14. The molecule has 5 rings (SSSR count). The molecule has 0 radical (unpaired) electrons. The Labute approximate surface area is 184 Å². The van der Waals surface area contributed by atoms with Crippen LogP contribution in [0.15, 0.2) is 69.3 Å². The molecule has 156 valence electrons. The van der Waals surface area contributed by atoms with Crippen LogP contribution in [-0.2, 0) is 5.75 Å². The van der Waals surface area contributed by atoms with Crippen molar-refractivity contribution >= 4 is 34.4 Å². The summed E-state index contributed by atoms with van der Waals surface area (Å²) >= 11 is 1.26. The lowest BCUT2D eigenvalue weighted by Crippen LogP contribution is -2.22. The summed E-state index contributed by atoms with van der Waals surface area (Å²) in [7, 11) is 0. The Hall–Kier alpha value is -4.43. The zero-order valence-electron chi connectivity index (χ0n) is 16.4. The first-order valence-corrected chi connectivity index (χ1v) is 10.4. The summed E-state index contributed by atoms with van der Waals surface area (Å²) in [5.74, 6) is 0.534. The number of fused-ring (bicyclic) bond motifs is 2. The number of aromatic nitrogens is 6. The first-order valence-electron chi connectivity index (χ1n) is 9.43. The highest BCUT2D eigenvalue weighted by Crippen LogP contribution is 2.24. The SMILES string of the molecule is N#Cc1ccc(-n2c(SCc3cc(=O)n4[nH]c(N)nc4n3)nc3ccccc3c2=O)cc1. The van der Waals surface area contributed by atoms with Gasteiger partial charge in [-0.3, -0.25) is 19.3 Å². The lowest BCUT2D eigenvalue weighted by atomic mass is 10.2. The van der Waals surface area contributed by atoms with Gasteiger partial charge >= 0.3 is 0 Å². The van der Waals surface area contributed by atoms with E-state index in [2.05, 4.69) is 26.1 Å². The fourth-order valence-corrected chi connectivity index (χ4v) is 4.18. The van der Waals surface area contributed by atoms with E-state index in [4.69, 9.17) is 11.0 Å². The predicted molar refractivity (Wildman–Crippen MR) is 120 cm³/mol. The molecule has 0 fully saturated rings. The highest BCUT2D eigenvalue weighted by Gasteiger charge is 2.15. The van der Waals surface area contributed by atoms with E-state index in [0.717, 1.165) is 4.52 Å². The average Bonchev–Trinajstić information content (AvgIpc) is 3.19. The van der Waals surface area contributed by atoms with E-state index < -0.39 is 0 Å². The highest BCUT2D eigenvalue weighted by molar-refractivity contribution is 7.98. The molecule has 32 heavy (non-hydrogen) atoms. The molecule has 0 spiro atoms. The number of nitrogens with two attached hydrogens (primary N) is 1. The molecule has 3 N–H and O–H groups in total. The van der Waals surface area contributed by atoms with Crippen molar-refractivity contribution in [2.75, 3.05) is 5.73 Å². The number of hydrogen-bond donors (Lipinski definition) is 2. The number of aromatic amines is 1. The summed E-state index contributed by atoms with van der Waals surface area (Å²) in [6.07, 6.45) is 0. The third kappa shape index (κ3) is 3.38. The molecule has 10 nitrogen and oxygen atoms in total. The van der Waals surface area contributed by atoms with Gasteiger partial charge in [-0.25, -0.2) is 9.97 Å². The van der Waals surface area contributed by atoms with E-state index in [9.17, 15) is 9.59 Å². The maximum Gasteiger partial charge on any atom is 0.274 e. The standard InChI is InChI=1S/C21H14N8O2S/c22-10-12-5-7-14(8-6-12)28-18(31)15-3-1-2-4-16(15)25-21(28)32-11-13-9-17(30)29-20(24-13)26-19(23)27-29/h1-9H,11H2,(H3,23,24,26,27). The number of thioether (sulfide) groups is 1. The number of hydrogen-bond acceptors (Lipinski definition) is 8. The Morgan fingerprint density at radius 3 is 2.62 bits per heavy atom. The fourth-order valence-electron chi connectivity index (χ4n) is 3.28. The Kier molecular flexibility index (Phi) is 4.68. The molecule has 0 amide bonds. The Bertz CT molecular complexity index is 1640. The van der Waals surface area contributed by atoms with Gasteiger partial charge in [-0.1, -0.05) is 23.9 Å². The number of benzene rings is 2. The van der Waals surface area contributed by atoms with E-state index in [1.165, 1.54) is 22.4 Å². The van der Waals surface area contributed by atoms with Crippen molar-refractivity contribution in [2.45, 2.75) is 10.9 Å². The van der Waals surface area contributed by atoms with Crippen LogP contribution in [0.25, 0.3) is 22.4 Å². The minimum absolute atomic E-state index is 0.0882. The number of H-pyrrole nitrogens is 1. The second kappa shape index (κ2) is 7.68. The van der Waals surface area contributed by atoms with Crippen molar-refractivity contribution in [1.82, 2.24) is 29.1 Å². The van der Waals surface area contributed by atoms with Crippen LogP contribution in [0.2, 0.25) is 0 Å². The smallest absolute Gasteiger partial charge is 0.274 e. The topological polar surface area (TPSA) is 148 Å². The number of nitriles is 1. The van der Waals surface area contributed by atoms with Crippen molar-refractivity contribution in [3.05, 3.63) is 86.6 Å². The van der Waals surface area contributed by atoms with Gasteiger partial charge in [-0.05, 0) is 36.4 Å². The van der Waals surface area contributed by atoms with Crippen LogP contribution in [0.4, 0.5) is 5.95 Å². The first-order chi connectivity index (χ1) is 15.5. The van der Waals surface area contributed by atoms with Gasteiger partial charge in [-0.15, -0.1) is 0 Å². The lowest BCUT2D eigenvalue weighted by molar-refractivity contribution is 0.818. The fraction of sp³-hybridized carbons (Fsp3) is 0.0476. The van der Waals surface area contributed by atoms with E-state index in [1.54, 1.807) is 42.5 Å². The predicted octanol–water partition coefficient (Wildman–Crippen LogP) is 1.86. The van der Waals surface area contributed by atoms with Crippen LogP contribution in [0.1, 0.15) is 11.3 Å². The number of rotatable bonds is 4. The minimum Gasteiger partial charge on any atom is -0.368 e. The molecule has 0 bridgehead atoms. The van der Waals surface area contributed by atoms with Crippen molar-refractivity contribution in [2.24, 2.45) is 0 Å². The molecule has 3 heterocycles. The zero-order chi connectivity index (χ0) is 22.2. The molecule has 0 atom stereocenters. The molecule has 2 aromatic carbocycles. The van der Waals surface area contributed by atoms with Crippen LogP contribution < -0.4 is 16.9 Å². The van der Waals surface area contributed by atoms with E-state index >= 15 is 0 Å². The molecule has 0 aliphatic carbocycles. The van der Waals surface area contributed by atoms with Gasteiger partial charge in [0.25, 0.3) is 16.9 Å². The van der Waals surface area contributed by atoms with Gasteiger partial charge in [0.15, 0.2) is 5.16 Å². The maximum absolute atomic E-state index is 13.3. The van der Waals surface area contributed by atoms with Gasteiger partial charge in [0.1, 0.15) is 0 Å². The monoisotopic (exact) mass is 442 g/mol. The van der Waals surface area contributed by atoms with E-state index in [1.807, 2.05) is 6.07 Å². The molecule has 0 unspecified atom stereocenters. The Morgan fingerprint density at radius 1 is 1.06 bits per heavy atom. The summed E-state index contributed by atoms with van der Waals surface area (Å²) < 4.78 is 2.65. The van der Waals surface area contributed by atoms with Gasteiger partial charge < -0.3 is 5.73 Å². The van der Waals surface area contributed by atoms with Crippen molar-refractivity contribution in [3.8, 4) is 11.8 Å². The van der Waals surface area contributed by atoms with E-state index in [0.29, 0.717) is 33.0 Å². The average molecular weight is 442 g/mol. The van der Waals surface area contributed by atoms with Crippen molar-refractivity contribution < 1.29 is 0 Å². The Balaban J connectivity index is 1.60. The molecule has 0 saturated heterocycles.